The van der Waals surface area contributed by atoms with Crippen molar-refractivity contribution in [1.29, 1.82) is 5.26 Å². The zero-order chi connectivity index (χ0) is 33.4. The number of ketones is 1. The Bertz CT molecular complexity index is 1540. The number of morpholine rings is 1. The van der Waals surface area contributed by atoms with Crippen molar-refractivity contribution in [3.05, 3.63) is 59.3 Å². The topological polar surface area (TPSA) is 167 Å². The average Bonchev–Trinajstić information content (AvgIpc) is 3.38. The number of nitrogens with zero attached hydrogens (tertiary/aromatic N) is 3. The van der Waals surface area contributed by atoms with Crippen LogP contribution in [0.3, 0.4) is 0 Å². The second kappa shape index (κ2) is 14.8. The molecule has 240 valence electrons. The highest BCUT2D eigenvalue weighted by atomic mass is 16.5. The van der Waals surface area contributed by atoms with Gasteiger partial charge >= 0.3 is 6.09 Å². The summed E-state index contributed by atoms with van der Waals surface area (Å²) in [5, 5.41) is 27.6. The lowest BCUT2D eigenvalue weighted by molar-refractivity contribution is -0.115. The molecule has 1 aliphatic rings. The Balaban J connectivity index is 0.000000535. The minimum Gasteiger partial charge on any atom is -0.465 e. The minimum absolute atomic E-state index is 0.0156. The van der Waals surface area contributed by atoms with Gasteiger partial charge in [0.15, 0.2) is 11.5 Å². The number of aryl methyl sites for hydroxylation is 1. The molecule has 0 bridgehead atoms. The molecule has 2 aromatic carbocycles. The van der Waals surface area contributed by atoms with Gasteiger partial charge in [0.25, 0.3) is 0 Å². The molecule has 45 heavy (non-hydrogen) atoms. The van der Waals surface area contributed by atoms with Crippen molar-refractivity contribution in [3.8, 4) is 17.4 Å². The number of nitriles is 1. The highest BCUT2D eigenvalue weighted by Crippen LogP contribution is 2.33. The number of anilines is 3. The fourth-order valence-corrected chi connectivity index (χ4v) is 4.77. The number of carbonyl (C=O) groups is 3. The molecule has 0 aliphatic carbocycles. The van der Waals surface area contributed by atoms with Crippen molar-refractivity contribution in [2.45, 2.75) is 66.1 Å². The predicted molar refractivity (Wildman–Crippen MR) is 171 cm³/mol. The number of rotatable bonds is 7. The van der Waals surface area contributed by atoms with Crippen LogP contribution in [-0.2, 0) is 14.3 Å². The summed E-state index contributed by atoms with van der Waals surface area (Å²) < 4.78 is 16.2. The number of hydrogen-bond donors (Lipinski definition) is 3. The Labute approximate surface area is 263 Å². The molecule has 0 unspecified atom stereocenters. The van der Waals surface area contributed by atoms with Crippen molar-refractivity contribution in [2.24, 2.45) is 0 Å². The van der Waals surface area contributed by atoms with Crippen LogP contribution in [0.5, 0.6) is 0 Å². The molecule has 0 radical (unpaired) electrons. The van der Waals surface area contributed by atoms with Gasteiger partial charge in [-0.15, -0.1) is 0 Å². The summed E-state index contributed by atoms with van der Waals surface area (Å²) in [6.07, 6.45) is -1.82. The molecule has 1 aliphatic heterocycles. The molecule has 1 fully saturated rings. The molecular formula is C33H41N5O7. The Morgan fingerprint density at radius 3 is 2.18 bits per heavy atom. The van der Waals surface area contributed by atoms with Gasteiger partial charge in [-0.2, -0.15) is 5.26 Å². The van der Waals surface area contributed by atoms with Gasteiger partial charge in [0.05, 0.1) is 59.2 Å². The van der Waals surface area contributed by atoms with E-state index >= 15 is 0 Å². The maximum absolute atomic E-state index is 12.8. The van der Waals surface area contributed by atoms with Gasteiger partial charge in [-0.1, -0.05) is 23.4 Å². The highest BCUT2D eigenvalue weighted by molar-refractivity contribution is 6.12. The van der Waals surface area contributed by atoms with Gasteiger partial charge in [0.1, 0.15) is 6.07 Å². The van der Waals surface area contributed by atoms with Crippen molar-refractivity contribution in [1.82, 2.24) is 5.16 Å². The van der Waals surface area contributed by atoms with E-state index in [1.165, 1.54) is 12.1 Å². The number of Topliss-reactive ketones (excluding diaryl/α,β-unsaturated/α-hetero) is 1. The molecule has 1 aromatic heterocycles. The molecule has 2 amide bonds. The number of hydrogen-bond acceptors (Lipinski definition) is 9. The van der Waals surface area contributed by atoms with Crippen LogP contribution in [0.4, 0.5) is 21.9 Å². The van der Waals surface area contributed by atoms with E-state index in [0.717, 1.165) is 0 Å². The Kier molecular flexibility index (Phi) is 11.5. The quantitative estimate of drug-likeness (QED) is 0.203. The van der Waals surface area contributed by atoms with Crippen molar-refractivity contribution in [3.63, 3.8) is 0 Å². The van der Waals surface area contributed by atoms with Gasteiger partial charge in [-0.3, -0.25) is 14.9 Å². The van der Waals surface area contributed by atoms with Crippen LogP contribution < -0.4 is 15.5 Å². The first-order valence-corrected chi connectivity index (χ1v) is 14.5. The maximum Gasteiger partial charge on any atom is 0.409 e. The standard InChI is InChI=1S/C25H23N5O6.C8H18O/c1-15-9-23(36-29-15)17-4-2-3-16(10-17)22(31)13-24(32)27-19-11-18(14-26)21(12-20(19)28-25(33)34)30-5-7-35-8-6-30;1-7(2,3)9-8(4,5)6/h2-4,9-12,28H,5-8,13H2,1H3,(H,27,32)(H,33,34);1-6H3. The number of amides is 2. The molecule has 3 N–H and O–H groups in total. The first kappa shape index (κ1) is 34.8. The first-order valence-electron chi connectivity index (χ1n) is 14.5. The van der Waals surface area contributed by atoms with E-state index < -0.39 is 24.2 Å². The molecule has 1 saturated heterocycles. The Morgan fingerprint density at radius 1 is 1.00 bits per heavy atom. The third-order valence-corrected chi connectivity index (χ3v) is 6.15. The van der Waals surface area contributed by atoms with Crippen LogP contribution in [0.15, 0.2) is 47.0 Å². The number of carboxylic acid groups (broad SMARTS) is 1. The van der Waals surface area contributed by atoms with Crippen LogP contribution in [0, 0.1) is 18.3 Å². The van der Waals surface area contributed by atoms with Crippen molar-refractivity contribution >= 4 is 34.8 Å². The third-order valence-electron chi connectivity index (χ3n) is 6.15. The maximum atomic E-state index is 12.8. The molecule has 3 aromatic rings. The molecule has 0 saturated carbocycles. The number of carbonyl (C=O) groups excluding carboxylic acids is 2. The summed E-state index contributed by atoms with van der Waals surface area (Å²) in [6.45, 7) is 16.2. The normalized spacial score (nSPS) is 13.2. The summed E-state index contributed by atoms with van der Waals surface area (Å²) in [4.78, 5) is 38.8. The highest BCUT2D eigenvalue weighted by Gasteiger charge is 2.22. The van der Waals surface area contributed by atoms with Crippen LogP contribution in [-0.4, -0.2) is 65.6 Å². The fourth-order valence-electron chi connectivity index (χ4n) is 4.77. The van der Waals surface area contributed by atoms with Crippen LogP contribution >= 0.6 is 0 Å². The lowest BCUT2D eigenvalue weighted by Crippen LogP contribution is -2.36. The van der Waals surface area contributed by atoms with Gasteiger partial charge < -0.3 is 29.3 Å². The van der Waals surface area contributed by atoms with Crippen LogP contribution in [0.1, 0.15) is 69.6 Å². The zero-order valence-electron chi connectivity index (χ0n) is 26.8. The third kappa shape index (κ3) is 11.0. The van der Waals surface area contributed by atoms with Gasteiger partial charge in [-0.05, 0) is 66.7 Å². The summed E-state index contributed by atoms with van der Waals surface area (Å²) >= 11 is 0. The van der Waals surface area contributed by atoms with E-state index in [0.29, 0.717) is 54.6 Å². The van der Waals surface area contributed by atoms with E-state index in [4.69, 9.17) is 14.0 Å². The lowest BCUT2D eigenvalue weighted by atomic mass is 10.0. The largest absolute Gasteiger partial charge is 0.465 e. The summed E-state index contributed by atoms with van der Waals surface area (Å²) in [6, 6.07) is 13.4. The summed E-state index contributed by atoms with van der Waals surface area (Å²) in [7, 11) is 0. The number of aromatic nitrogens is 1. The van der Waals surface area contributed by atoms with E-state index in [2.05, 4.69) is 63.4 Å². The molecule has 0 atom stereocenters. The van der Waals surface area contributed by atoms with Crippen LogP contribution in [0.25, 0.3) is 11.3 Å². The Morgan fingerprint density at radius 2 is 1.64 bits per heavy atom. The summed E-state index contributed by atoms with van der Waals surface area (Å²) in [5.74, 6) is -0.596. The molecule has 4 rings (SSSR count). The molecule has 12 heteroatoms. The predicted octanol–water partition coefficient (Wildman–Crippen LogP) is 6.26. The second-order valence-corrected chi connectivity index (χ2v) is 12.4. The SMILES string of the molecule is CC(C)(C)OC(C)(C)C.Cc1cc(-c2cccc(C(=O)CC(=O)Nc3cc(C#N)c(N4CCOCC4)cc3NC(=O)O)c2)on1. The van der Waals surface area contributed by atoms with Crippen molar-refractivity contribution < 1.29 is 33.5 Å². The molecule has 0 spiro atoms. The monoisotopic (exact) mass is 619 g/mol. The van der Waals surface area contributed by atoms with Gasteiger partial charge in [0.2, 0.25) is 5.91 Å². The van der Waals surface area contributed by atoms with E-state index in [9.17, 15) is 24.8 Å². The Hall–Kier alpha value is -4.73. The molecule has 12 nitrogen and oxygen atoms in total. The zero-order valence-corrected chi connectivity index (χ0v) is 26.8. The van der Waals surface area contributed by atoms with Gasteiger partial charge in [0, 0.05) is 30.3 Å². The van der Waals surface area contributed by atoms with E-state index in [1.54, 1.807) is 37.3 Å². The smallest absolute Gasteiger partial charge is 0.409 e. The number of ether oxygens (including phenoxy) is 2. The van der Waals surface area contributed by atoms with E-state index in [-0.39, 0.29) is 28.1 Å². The average molecular weight is 620 g/mol. The minimum atomic E-state index is -1.33. The van der Waals surface area contributed by atoms with Crippen molar-refractivity contribution in [2.75, 3.05) is 41.8 Å². The number of nitrogens with one attached hydrogen (secondary N) is 2. The van der Waals surface area contributed by atoms with E-state index in [1.807, 2.05) is 4.90 Å². The fraction of sp³-hybridized carbons (Fsp3) is 0.424. The molecule has 2 heterocycles. The lowest BCUT2D eigenvalue weighted by Gasteiger charge is -2.30. The van der Waals surface area contributed by atoms with Crippen LogP contribution in [0.2, 0.25) is 0 Å². The van der Waals surface area contributed by atoms with Gasteiger partial charge in [-0.25, -0.2) is 4.79 Å². The molecular weight excluding hydrogens is 578 g/mol. The second-order valence-electron chi connectivity index (χ2n) is 12.4. The number of benzene rings is 2. The first-order chi connectivity index (χ1) is 21.0. The summed E-state index contributed by atoms with van der Waals surface area (Å²) in [5.41, 5.74) is 2.57.